The van der Waals surface area contributed by atoms with Crippen LogP contribution in [-0.2, 0) is 4.79 Å². The van der Waals surface area contributed by atoms with Crippen LogP contribution in [0, 0.1) is 11.3 Å². The van der Waals surface area contributed by atoms with E-state index in [0.717, 1.165) is 18.2 Å². The minimum atomic E-state index is -0.0929. The van der Waals surface area contributed by atoms with Crippen LogP contribution < -0.4 is 5.32 Å². The molecule has 1 aromatic rings. The van der Waals surface area contributed by atoms with Crippen molar-refractivity contribution in [2.75, 3.05) is 10.6 Å². The molecule has 0 aliphatic rings. The third-order valence-electron chi connectivity index (χ3n) is 2.16. The number of halogens is 2. The van der Waals surface area contributed by atoms with E-state index in [1.54, 1.807) is 18.2 Å². The zero-order chi connectivity index (χ0) is 12.7. The van der Waals surface area contributed by atoms with E-state index in [1.165, 1.54) is 0 Å². The van der Waals surface area contributed by atoms with Gasteiger partial charge in [-0.25, -0.2) is 0 Å². The quantitative estimate of drug-likeness (QED) is 0.665. The van der Waals surface area contributed by atoms with Crippen molar-refractivity contribution in [2.24, 2.45) is 0 Å². The van der Waals surface area contributed by atoms with E-state index in [9.17, 15) is 4.79 Å². The first kappa shape index (κ1) is 14.0. The van der Waals surface area contributed by atoms with Crippen LogP contribution in [0.2, 0.25) is 5.02 Å². The van der Waals surface area contributed by atoms with Gasteiger partial charge in [0.1, 0.15) is 6.07 Å². The summed E-state index contributed by atoms with van der Waals surface area (Å²) in [4.78, 5) is 11.6. The molecule has 0 unspecified atom stereocenters. The second-order valence-electron chi connectivity index (χ2n) is 3.50. The third-order valence-corrected chi connectivity index (χ3v) is 2.96. The Morgan fingerprint density at radius 2 is 2.24 bits per heavy atom. The highest BCUT2D eigenvalue weighted by Crippen LogP contribution is 2.20. The van der Waals surface area contributed by atoms with E-state index in [1.807, 2.05) is 6.07 Å². The molecule has 0 bridgehead atoms. The van der Waals surface area contributed by atoms with Gasteiger partial charge in [0.15, 0.2) is 0 Å². The van der Waals surface area contributed by atoms with Crippen molar-refractivity contribution in [3.8, 4) is 6.07 Å². The molecule has 17 heavy (non-hydrogen) atoms. The Balaban J connectivity index is 2.64. The fourth-order valence-corrected chi connectivity index (χ4v) is 1.88. The Bertz CT molecular complexity index is 443. The number of rotatable bonds is 5. The smallest absolute Gasteiger partial charge is 0.224 e. The number of carbonyl (C=O) groups excluding carboxylic acids is 1. The van der Waals surface area contributed by atoms with Gasteiger partial charge < -0.3 is 5.32 Å². The second-order valence-corrected chi connectivity index (χ2v) is 4.73. The maximum absolute atomic E-state index is 11.6. The molecule has 5 heteroatoms. The first-order chi connectivity index (χ1) is 8.17. The van der Waals surface area contributed by atoms with Crippen molar-refractivity contribution >= 4 is 39.1 Å². The van der Waals surface area contributed by atoms with Gasteiger partial charge in [-0.05, 0) is 31.0 Å². The SMILES string of the molecule is N#Cc1ccc(Cl)cc1NC(=O)CCCCBr. The maximum Gasteiger partial charge on any atom is 0.224 e. The van der Waals surface area contributed by atoms with E-state index < -0.39 is 0 Å². The summed E-state index contributed by atoms with van der Waals surface area (Å²) in [6.07, 6.45) is 2.22. The number of carbonyl (C=O) groups is 1. The lowest BCUT2D eigenvalue weighted by molar-refractivity contribution is -0.116. The summed E-state index contributed by atoms with van der Waals surface area (Å²) in [5.74, 6) is -0.0929. The Morgan fingerprint density at radius 1 is 1.47 bits per heavy atom. The number of hydrogen-bond donors (Lipinski definition) is 1. The lowest BCUT2D eigenvalue weighted by Crippen LogP contribution is -2.12. The zero-order valence-electron chi connectivity index (χ0n) is 9.17. The van der Waals surface area contributed by atoms with Crippen molar-refractivity contribution in [3.63, 3.8) is 0 Å². The Kier molecular flexibility index (Phi) is 6.03. The molecular formula is C12H12BrClN2O. The Labute approximate surface area is 114 Å². The third kappa shape index (κ3) is 4.76. The summed E-state index contributed by atoms with van der Waals surface area (Å²) in [6.45, 7) is 0. The predicted molar refractivity (Wildman–Crippen MR) is 72.4 cm³/mol. The molecule has 0 spiro atoms. The normalized spacial score (nSPS) is 9.71. The molecule has 0 saturated carbocycles. The van der Waals surface area contributed by atoms with Crippen LogP contribution in [0.25, 0.3) is 0 Å². The lowest BCUT2D eigenvalue weighted by atomic mass is 10.2. The molecule has 0 aromatic heterocycles. The predicted octanol–water partition coefficient (Wildman–Crippen LogP) is 3.72. The average Bonchev–Trinajstić information content (AvgIpc) is 2.29. The average molecular weight is 316 g/mol. The molecule has 0 aliphatic heterocycles. The standard InChI is InChI=1S/C12H12BrClN2O/c13-6-2-1-3-12(17)16-11-7-10(14)5-4-9(11)8-15/h4-5,7H,1-3,6H2,(H,16,17). The van der Waals surface area contributed by atoms with Crippen molar-refractivity contribution in [3.05, 3.63) is 28.8 Å². The number of nitrogens with zero attached hydrogens (tertiary/aromatic N) is 1. The van der Waals surface area contributed by atoms with Gasteiger partial charge in [-0.2, -0.15) is 5.26 Å². The van der Waals surface area contributed by atoms with Crippen LogP contribution in [0.4, 0.5) is 5.69 Å². The molecule has 0 aliphatic carbocycles. The minimum Gasteiger partial charge on any atom is -0.325 e. The maximum atomic E-state index is 11.6. The molecule has 3 nitrogen and oxygen atoms in total. The molecule has 0 saturated heterocycles. The van der Waals surface area contributed by atoms with Gasteiger partial charge >= 0.3 is 0 Å². The second kappa shape index (κ2) is 7.31. The molecule has 1 rings (SSSR count). The molecule has 0 radical (unpaired) electrons. The fourth-order valence-electron chi connectivity index (χ4n) is 1.31. The number of hydrogen-bond acceptors (Lipinski definition) is 2. The highest BCUT2D eigenvalue weighted by atomic mass is 79.9. The highest BCUT2D eigenvalue weighted by molar-refractivity contribution is 9.09. The molecule has 0 fully saturated rings. The highest BCUT2D eigenvalue weighted by Gasteiger charge is 2.07. The van der Waals surface area contributed by atoms with E-state index in [-0.39, 0.29) is 5.91 Å². The summed E-state index contributed by atoms with van der Waals surface area (Å²) in [6, 6.07) is 6.82. The number of benzene rings is 1. The molecule has 0 atom stereocenters. The molecule has 1 amide bonds. The van der Waals surface area contributed by atoms with Crippen LogP contribution in [0.3, 0.4) is 0 Å². The van der Waals surface area contributed by atoms with Crippen LogP contribution in [0.15, 0.2) is 18.2 Å². The molecule has 90 valence electrons. The summed E-state index contributed by atoms with van der Waals surface area (Å²) in [5, 5.41) is 13.0. The summed E-state index contributed by atoms with van der Waals surface area (Å²) < 4.78 is 0. The number of amides is 1. The van der Waals surface area contributed by atoms with Crippen LogP contribution >= 0.6 is 27.5 Å². The van der Waals surface area contributed by atoms with Crippen molar-refractivity contribution < 1.29 is 4.79 Å². The van der Waals surface area contributed by atoms with Crippen molar-refractivity contribution in [2.45, 2.75) is 19.3 Å². The van der Waals surface area contributed by atoms with E-state index >= 15 is 0 Å². The topological polar surface area (TPSA) is 52.9 Å². The van der Waals surface area contributed by atoms with Crippen molar-refractivity contribution in [1.82, 2.24) is 0 Å². The summed E-state index contributed by atoms with van der Waals surface area (Å²) in [7, 11) is 0. The molecular weight excluding hydrogens is 304 g/mol. The number of alkyl halides is 1. The largest absolute Gasteiger partial charge is 0.325 e. The number of anilines is 1. The Morgan fingerprint density at radius 3 is 2.88 bits per heavy atom. The van der Waals surface area contributed by atoms with Crippen LogP contribution in [-0.4, -0.2) is 11.2 Å². The van der Waals surface area contributed by atoms with E-state index in [2.05, 4.69) is 21.2 Å². The van der Waals surface area contributed by atoms with Crippen LogP contribution in [0.1, 0.15) is 24.8 Å². The molecule has 1 N–H and O–H groups in total. The van der Waals surface area contributed by atoms with Gasteiger partial charge in [0.05, 0.1) is 11.3 Å². The van der Waals surface area contributed by atoms with Crippen LogP contribution in [0.5, 0.6) is 0 Å². The van der Waals surface area contributed by atoms with Gasteiger partial charge in [0.2, 0.25) is 5.91 Å². The van der Waals surface area contributed by atoms with Gasteiger partial charge in [0, 0.05) is 16.8 Å². The number of unbranched alkanes of at least 4 members (excludes halogenated alkanes) is 1. The van der Waals surface area contributed by atoms with Gasteiger partial charge in [0.25, 0.3) is 0 Å². The van der Waals surface area contributed by atoms with Gasteiger partial charge in [-0.15, -0.1) is 0 Å². The lowest BCUT2D eigenvalue weighted by Gasteiger charge is -2.07. The summed E-state index contributed by atoms with van der Waals surface area (Å²) >= 11 is 9.12. The Hall–Kier alpha value is -1.05. The van der Waals surface area contributed by atoms with Gasteiger partial charge in [-0.1, -0.05) is 27.5 Å². The first-order valence-corrected chi connectivity index (χ1v) is 6.72. The van der Waals surface area contributed by atoms with Crippen molar-refractivity contribution in [1.29, 1.82) is 5.26 Å². The fraction of sp³-hybridized carbons (Fsp3) is 0.333. The molecule has 1 aromatic carbocycles. The van der Waals surface area contributed by atoms with Gasteiger partial charge in [-0.3, -0.25) is 4.79 Å². The van der Waals surface area contributed by atoms with E-state index in [4.69, 9.17) is 16.9 Å². The van der Waals surface area contributed by atoms with E-state index in [0.29, 0.717) is 22.7 Å². The first-order valence-electron chi connectivity index (χ1n) is 5.23. The minimum absolute atomic E-state index is 0.0929. The zero-order valence-corrected chi connectivity index (χ0v) is 11.5. The monoisotopic (exact) mass is 314 g/mol. The summed E-state index contributed by atoms with van der Waals surface area (Å²) in [5.41, 5.74) is 0.895. The number of nitriles is 1. The molecule has 0 heterocycles. The number of nitrogens with one attached hydrogen (secondary N) is 1.